The second-order valence-electron chi connectivity index (χ2n) is 8.49. The van der Waals surface area contributed by atoms with Gasteiger partial charge in [0.2, 0.25) is 5.89 Å². The molecule has 4 saturated carbocycles. The van der Waals surface area contributed by atoms with Crippen molar-refractivity contribution in [3.05, 3.63) is 36.0 Å². The fourth-order valence-electron chi connectivity index (χ4n) is 5.72. The van der Waals surface area contributed by atoms with Gasteiger partial charge in [-0.15, -0.1) is 10.2 Å². The molecule has 0 unspecified atom stereocenters. The van der Waals surface area contributed by atoms with E-state index >= 15 is 0 Å². The standard InChI is InChI=1S/C21H23FN2O3/c1-11(19-23-24-20(27-19)14-2-4-17(22)5-3-14)26-21(25)18-15-7-12-6-13(9-15)10-16(18)8-12/h2-5,11-13,15-16,18H,6-10H2,1H3/t11-,12?,13?,15?,16?,18?/m1/s1. The van der Waals surface area contributed by atoms with E-state index in [9.17, 15) is 9.18 Å². The van der Waals surface area contributed by atoms with Crippen LogP contribution >= 0.6 is 0 Å². The first-order chi connectivity index (χ1) is 13.1. The maximum absolute atomic E-state index is 13.1. The lowest BCUT2D eigenvalue weighted by Crippen LogP contribution is -2.48. The second-order valence-corrected chi connectivity index (χ2v) is 8.49. The Bertz CT molecular complexity index is 819. The van der Waals surface area contributed by atoms with Gasteiger partial charge in [-0.3, -0.25) is 4.79 Å². The Balaban J connectivity index is 1.27. The molecule has 2 aromatic rings. The van der Waals surface area contributed by atoms with E-state index < -0.39 is 6.10 Å². The van der Waals surface area contributed by atoms with Crippen LogP contribution in [0.4, 0.5) is 4.39 Å². The number of benzene rings is 1. The first-order valence-corrected chi connectivity index (χ1v) is 9.86. The summed E-state index contributed by atoms with van der Waals surface area (Å²) in [6.07, 6.45) is 5.48. The molecule has 0 spiro atoms. The van der Waals surface area contributed by atoms with Crippen molar-refractivity contribution in [1.82, 2.24) is 10.2 Å². The molecule has 0 radical (unpaired) electrons. The van der Waals surface area contributed by atoms with Gasteiger partial charge >= 0.3 is 5.97 Å². The van der Waals surface area contributed by atoms with E-state index in [2.05, 4.69) is 10.2 Å². The Morgan fingerprint density at radius 3 is 2.33 bits per heavy atom. The van der Waals surface area contributed by atoms with Gasteiger partial charge in [-0.25, -0.2) is 4.39 Å². The van der Waals surface area contributed by atoms with Crippen LogP contribution in [-0.2, 0) is 9.53 Å². The molecule has 4 bridgehead atoms. The molecule has 0 amide bonds. The highest BCUT2D eigenvalue weighted by Crippen LogP contribution is 2.56. The lowest BCUT2D eigenvalue weighted by atomic mass is 9.52. The fourth-order valence-corrected chi connectivity index (χ4v) is 5.72. The third-order valence-electron chi connectivity index (χ3n) is 6.67. The highest BCUT2D eigenvalue weighted by atomic mass is 19.1. The Kier molecular flexibility index (Phi) is 4.02. The summed E-state index contributed by atoms with van der Waals surface area (Å²) in [4.78, 5) is 12.9. The number of aromatic nitrogens is 2. The molecule has 0 saturated heterocycles. The quantitative estimate of drug-likeness (QED) is 0.739. The zero-order chi connectivity index (χ0) is 18.5. The van der Waals surface area contributed by atoms with Crippen LogP contribution in [0.3, 0.4) is 0 Å². The van der Waals surface area contributed by atoms with Crippen molar-refractivity contribution in [2.75, 3.05) is 0 Å². The molecular weight excluding hydrogens is 347 g/mol. The van der Waals surface area contributed by atoms with Crippen LogP contribution in [0.15, 0.2) is 28.7 Å². The average Bonchev–Trinajstić information content (AvgIpc) is 3.11. The van der Waals surface area contributed by atoms with Crippen molar-refractivity contribution in [2.45, 2.75) is 45.1 Å². The average molecular weight is 370 g/mol. The van der Waals surface area contributed by atoms with Crippen molar-refractivity contribution in [3.8, 4) is 11.5 Å². The van der Waals surface area contributed by atoms with Crippen LogP contribution in [0.25, 0.3) is 11.5 Å². The first-order valence-electron chi connectivity index (χ1n) is 9.86. The van der Waals surface area contributed by atoms with Gasteiger partial charge in [0.25, 0.3) is 5.89 Å². The Morgan fingerprint density at radius 2 is 1.70 bits per heavy atom. The van der Waals surface area contributed by atoms with Crippen molar-refractivity contribution in [2.24, 2.45) is 29.6 Å². The maximum atomic E-state index is 13.1. The Hall–Kier alpha value is -2.24. The minimum Gasteiger partial charge on any atom is -0.452 e. The number of ether oxygens (including phenoxy) is 1. The van der Waals surface area contributed by atoms with Crippen molar-refractivity contribution >= 4 is 5.97 Å². The van der Waals surface area contributed by atoms with Crippen molar-refractivity contribution in [3.63, 3.8) is 0 Å². The zero-order valence-electron chi connectivity index (χ0n) is 15.3. The number of halogens is 1. The third kappa shape index (κ3) is 3.05. The minimum absolute atomic E-state index is 0.0275. The third-order valence-corrected chi connectivity index (χ3v) is 6.67. The number of carbonyl (C=O) groups excluding carboxylic acids is 1. The smallest absolute Gasteiger partial charge is 0.310 e. The number of rotatable bonds is 4. The molecule has 5 nitrogen and oxygen atoms in total. The maximum Gasteiger partial charge on any atom is 0.310 e. The molecule has 1 heterocycles. The van der Waals surface area contributed by atoms with E-state index in [1.165, 1.54) is 44.2 Å². The van der Waals surface area contributed by atoms with Crippen LogP contribution < -0.4 is 0 Å². The summed E-state index contributed by atoms with van der Waals surface area (Å²) in [5, 5.41) is 8.02. The van der Waals surface area contributed by atoms with Gasteiger partial charge < -0.3 is 9.15 Å². The molecule has 4 fully saturated rings. The monoisotopic (exact) mass is 370 g/mol. The van der Waals surface area contributed by atoms with Crippen LogP contribution in [0.5, 0.6) is 0 Å². The van der Waals surface area contributed by atoms with Gasteiger partial charge in [-0.1, -0.05) is 0 Å². The summed E-state index contributed by atoms with van der Waals surface area (Å²) in [5.74, 6) is 2.77. The highest BCUT2D eigenvalue weighted by Gasteiger charge is 2.51. The van der Waals surface area contributed by atoms with Crippen LogP contribution in [0.2, 0.25) is 0 Å². The van der Waals surface area contributed by atoms with Crippen LogP contribution in [0.1, 0.15) is 51.0 Å². The van der Waals surface area contributed by atoms with Gasteiger partial charge in [-0.05, 0) is 87.0 Å². The summed E-state index contributed by atoms with van der Waals surface area (Å²) in [5.41, 5.74) is 0.634. The van der Waals surface area contributed by atoms with Gasteiger partial charge in [0.05, 0.1) is 5.92 Å². The number of esters is 1. The predicted molar refractivity (Wildman–Crippen MR) is 94.7 cm³/mol. The van der Waals surface area contributed by atoms with E-state index in [0.717, 1.165) is 11.8 Å². The predicted octanol–water partition coefficient (Wildman–Crippen LogP) is 4.55. The topological polar surface area (TPSA) is 65.2 Å². The minimum atomic E-state index is -0.587. The van der Waals surface area contributed by atoms with Gasteiger partial charge in [0.15, 0.2) is 6.10 Å². The number of nitrogens with zero attached hydrogens (tertiary/aromatic N) is 2. The highest BCUT2D eigenvalue weighted by molar-refractivity contribution is 5.74. The molecule has 0 aliphatic heterocycles. The van der Waals surface area contributed by atoms with E-state index in [1.807, 2.05) is 0 Å². The Morgan fingerprint density at radius 1 is 1.07 bits per heavy atom. The lowest BCUT2D eigenvalue weighted by Gasteiger charge is -2.53. The number of hydrogen-bond acceptors (Lipinski definition) is 5. The van der Waals surface area contributed by atoms with Gasteiger partial charge in [0, 0.05) is 5.56 Å². The summed E-state index contributed by atoms with van der Waals surface area (Å²) < 4.78 is 24.4. The molecule has 142 valence electrons. The van der Waals surface area contributed by atoms with Crippen molar-refractivity contribution in [1.29, 1.82) is 0 Å². The Labute approximate surface area is 157 Å². The van der Waals surface area contributed by atoms with E-state index in [1.54, 1.807) is 19.1 Å². The van der Waals surface area contributed by atoms with E-state index in [-0.39, 0.29) is 23.6 Å². The molecule has 4 aliphatic carbocycles. The molecular formula is C21H23FN2O3. The lowest BCUT2D eigenvalue weighted by molar-refractivity contribution is -0.168. The molecule has 27 heavy (non-hydrogen) atoms. The summed E-state index contributed by atoms with van der Waals surface area (Å²) >= 11 is 0. The SMILES string of the molecule is C[C@@H](OC(=O)C1C2CC3CC(C2)CC1C3)c1nnc(-c2ccc(F)cc2)o1. The second kappa shape index (κ2) is 6.43. The molecule has 1 aromatic carbocycles. The largest absolute Gasteiger partial charge is 0.452 e. The molecule has 6 heteroatoms. The summed E-state index contributed by atoms with van der Waals surface area (Å²) in [6, 6.07) is 5.85. The molecule has 6 rings (SSSR count). The number of carbonyl (C=O) groups is 1. The van der Waals surface area contributed by atoms with Crippen molar-refractivity contribution < 1.29 is 18.3 Å². The van der Waals surface area contributed by atoms with Gasteiger partial charge in [-0.2, -0.15) is 0 Å². The van der Waals surface area contributed by atoms with E-state index in [4.69, 9.17) is 9.15 Å². The summed E-state index contributed by atoms with van der Waals surface area (Å²) in [6.45, 7) is 1.76. The van der Waals surface area contributed by atoms with Crippen LogP contribution in [-0.4, -0.2) is 16.2 Å². The molecule has 1 atom stereocenters. The first kappa shape index (κ1) is 16.9. The molecule has 4 aliphatic rings. The molecule has 0 N–H and O–H groups in total. The fraction of sp³-hybridized carbons (Fsp3) is 0.571. The number of hydrogen-bond donors (Lipinski definition) is 0. The zero-order valence-corrected chi connectivity index (χ0v) is 15.3. The van der Waals surface area contributed by atoms with Crippen LogP contribution in [0, 0.1) is 35.4 Å². The van der Waals surface area contributed by atoms with E-state index in [0.29, 0.717) is 23.3 Å². The normalized spacial score (nSPS) is 32.4. The van der Waals surface area contributed by atoms with Gasteiger partial charge in [0.1, 0.15) is 5.82 Å². The summed E-state index contributed by atoms with van der Waals surface area (Å²) in [7, 11) is 0. The molecule has 1 aromatic heterocycles.